The molecule has 0 saturated carbocycles. The van der Waals surface area contributed by atoms with E-state index in [-0.39, 0.29) is 17.9 Å². The van der Waals surface area contributed by atoms with Gasteiger partial charge >= 0.3 is 0 Å². The molecule has 0 unspecified atom stereocenters. The smallest absolute Gasteiger partial charge is 0.292 e. The molecular weight excluding hydrogens is 229 g/mol. The molecule has 88 valence electrons. The van der Waals surface area contributed by atoms with E-state index < -0.39 is 10.7 Å². The van der Waals surface area contributed by atoms with Crippen molar-refractivity contribution in [3.8, 4) is 0 Å². The van der Waals surface area contributed by atoms with E-state index in [0.717, 1.165) is 18.2 Å². The van der Waals surface area contributed by atoms with Crippen LogP contribution in [-0.2, 0) is 6.54 Å². The van der Waals surface area contributed by atoms with Crippen molar-refractivity contribution in [1.82, 2.24) is 15.2 Å². The first-order valence-electron chi connectivity index (χ1n) is 4.69. The minimum Gasteiger partial charge on any atom is -0.372 e. The zero-order valence-corrected chi connectivity index (χ0v) is 8.55. The Hall–Kier alpha value is -2.51. The third-order valence-electron chi connectivity index (χ3n) is 2.07. The number of hydrogen-bond acceptors (Lipinski definition) is 5. The highest BCUT2D eigenvalue weighted by Gasteiger charge is 2.14. The van der Waals surface area contributed by atoms with Crippen LogP contribution in [0.15, 0.2) is 24.5 Å². The topological polar surface area (TPSA) is 96.7 Å². The maximum Gasteiger partial charge on any atom is 0.292 e. The Labute approximate surface area is 94.8 Å². The molecule has 2 rings (SSSR count). The minimum atomic E-state index is -0.581. The average molecular weight is 237 g/mol. The van der Waals surface area contributed by atoms with Crippen molar-refractivity contribution in [3.05, 3.63) is 46.3 Å². The number of halogens is 1. The van der Waals surface area contributed by atoms with Crippen molar-refractivity contribution in [3.63, 3.8) is 0 Å². The summed E-state index contributed by atoms with van der Waals surface area (Å²) in [4.78, 5) is 14.0. The van der Waals surface area contributed by atoms with Gasteiger partial charge in [-0.25, -0.2) is 9.37 Å². The van der Waals surface area contributed by atoms with Gasteiger partial charge in [0.25, 0.3) is 5.69 Å². The summed E-state index contributed by atoms with van der Waals surface area (Å²) in [7, 11) is 0. The Morgan fingerprint density at radius 1 is 1.53 bits per heavy atom. The molecule has 2 N–H and O–H groups in total. The summed E-state index contributed by atoms with van der Waals surface area (Å²) in [6, 6.07) is 3.21. The van der Waals surface area contributed by atoms with Gasteiger partial charge in [0.15, 0.2) is 0 Å². The number of aromatic amines is 1. The molecular formula is C9H8FN5O2. The number of hydrogen-bond donors (Lipinski definition) is 2. The molecule has 0 spiro atoms. The normalized spacial score (nSPS) is 10.2. The van der Waals surface area contributed by atoms with Gasteiger partial charge in [-0.15, -0.1) is 0 Å². The molecule has 0 aliphatic heterocycles. The van der Waals surface area contributed by atoms with Crippen LogP contribution in [0.4, 0.5) is 15.8 Å². The lowest BCUT2D eigenvalue weighted by atomic mass is 10.2. The average Bonchev–Trinajstić information content (AvgIpc) is 2.78. The molecule has 17 heavy (non-hydrogen) atoms. The quantitative estimate of drug-likeness (QED) is 0.619. The van der Waals surface area contributed by atoms with Crippen LogP contribution in [0, 0.1) is 15.9 Å². The Bertz CT molecular complexity index is 528. The van der Waals surface area contributed by atoms with Gasteiger partial charge in [0.2, 0.25) is 0 Å². The summed E-state index contributed by atoms with van der Waals surface area (Å²) in [6.07, 6.45) is 1.32. The minimum absolute atomic E-state index is 0.103. The number of nitrogens with one attached hydrogen (secondary N) is 2. The van der Waals surface area contributed by atoms with Crippen LogP contribution in [0.3, 0.4) is 0 Å². The van der Waals surface area contributed by atoms with Gasteiger partial charge in [0.05, 0.1) is 11.5 Å². The van der Waals surface area contributed by atoms with Crippen LogP contribution < -0.4 is 5.32 Å². The number of nitrogens with zero attached hydrogens (tertiary/aromatic N) is 3. The molecule has 0 saturated heterocycles. The number of aromatic nitrogens is 3. The van der Waals surface area contributed by atoms with Gasteiger partial charge in [0, 0.05) is 12.1 Å². The molecule has 7 nitrogen and oxygen atoms in total. The van der Waals surface area contributed by atoms with Gasteiger partial charge in [-0.3, -0.25) is 15.2 Å². The SMILES string of the molecule is O=[N+]([O-])c1ccc(F)cc1NCc1ncn[nH]1. The van der Waals surface area contributed by atoms with Crippen LogP contribution >= 0.6 is 0 Å². The van der Waals surface area contributed by atoms with Crippen LogP contribution in [0.2, 0.25) is 0 Å². The van der Waals surface area contributed by atoms with Crippen LogP contribution in [0.1, 0.15) is 5.82 Å². The molecule has 2 aromatic rings. The molecule has 0 fully saturated rings. The number of H-pyrrole nitrogens is 1. The van der Waals surface area contributed by atoms with Crippen molar-refractivity contribution in [2.75, 3.05) is 5.32 Å². The van der Waals surface area contributed by atoms with Crippen molar-refractivity contribution >= 4 is 11.4 Å². The van der Waals surface area contributed by atoms with Crippen LogP contribution in [0.25, 0.3) is 0 Å². The molecule has 1 aromatic heterocycles. The van der Waals surface area contributed by atoms with Gasteiger partial charge in [-0.1, -0.05) is 0 Å². The first-order valence-corrected chi connectivity index (χ1v) is 4.69. The predicted octanol–water partition coefficient (Wildman–Crippen LogP) is 1.46. The fourth-order valence-electron chi connectivity index (χ4n) is 1.30. The summed E-state index contributed by atoms with van der Waals surface area (Å²) in [5.41, 5.74) is -0.0858. The lowest BCUT2D eigenvalue weighted by molar-refractivity contribution is -0.384. The van der Waals surface area contributed by atoms with Crippen molar-refractivity contribution in [2.24, 2.45) is 0 Å². The predicted molar refractivity (Wildman–Crippen MR) is 56.8 cm³/mol. The monoisotopic (exact) mass is 237 g/mol. The molecule has 0 aliphatic carbocycles. The van der Waals surface area contributed by atoms with Crippen molar-refractivity contribution < 1.29 is 9.31 Å². The number of rotatable bonds is 4. The lowest BCUT2D eigenvalue weighted by Gasteiger charge is -2.04. The number of benzene rings is 1. The zero-order valence-electron chi connectivity index (χ0n) is 8.55. The van der Waals surface area contributed by atoms with Crippen LogP contribution in [0.5, 0.6) is 0 Å². The highest BCUT2D eigenvalue weighted by atomic mass is 19.1. The summed E-state index contributed by atoms with van der Waals surface area (Å²) in [6.45, 7) is 0.199. The number of nitro benzene ring substituents is 1. The number of nitro groups is 1. The second-order valence-electron chi connectivity index (χ2n) is 3.20. The maximum atomic E-state index is 13.0. The van der Waals surface area contributed by atoms with E-state index in [2.05, 4.69) is 20.5 Å². The fourth-order valence-corrected chi connectivity index (χ4v) is 1.30. The van der Waals surface area contributed by atoms with E-state index in [0.29, 0.717) is 5.82 Å². The maximum absolute atomic E-state index is 13.0. The molecule has 0 amide bonds. The summed E-state index contributed by atoms with van der Waals surface area (Å²) in [5.74, 6) is -0.0424. The molecule has 1 aromatic carbocycles. The lowest BCUT2D eigenvalue weighted by Crippen LogP contribution is -2.04. The summed E-state index contributed by atoms with van der Waals surface area (Å²) < 4.78 is 13.0. The van der Waals surface area contributed by atoms with Crippen molar-refractivity contribution in [1.29, 1.82) is 0 Å². The molecule has 0 bridgehead atoms. The third-order valence-corrected chi connectivity index (χ3v) is 2.07. The molecule has 0 atom stereocenters. The molecule has 8 heteroatoms. The van der Waals surface area contributed by atoms with E-state index in [1.54, 1.807) is 0 Å². The van der Waals surface area contributed by atoms with Gasteiger partial charge in [-0.05, 0) is 6.07 Å². The standard InChI is InChI=1S/C9H8FN5O2/c10-6-1-2-8(15(16)17)7(3-6)11-4-9-12-5-13-14-9/h1-3,5,11H,4H2,(H,12,13,14). The van der Waals surface area contributed by atoms with Gasteiger partial charge < -0.3 is 5.32 Å². The van der Waals surface area contributed by atoms with Gasteiger partial charge in [0.1, 0.15) is 23.7 Å². The van der Waals surface area contributed by atoms with Crippen LogP contribution in [-0.4, -0.2) is 20.1 Å². The fraction of sp³-hybridized carbons (Fsp3) is 0.111. The van der Waals surface area contributed by atoms with E-state index >= 15 is 0 Å². The molecule has 0 aliphatic rings. The Morgan fingerprint density at radius 2 is 2.35 bits per heavy atom. The van der Waals surface area contributed by atoms with E-state index in [1.165, 1.54) is 6.33 Å². The number of anilines is 1. The molecule has 0 radical (unpaired) electrons. The Balaban J connectivity index is 2.19. The second-order valence-corrected chi connectivity index (χ2v) is 3.20. The Kier molecular flexibility index (Phi) is 2.95. The molecule has 1 heterocycles. The van der Waals surface area contributed by atoms with E-state index in [9.17, 15) is 14.5 Å². The van der Waals surface area contributed by atoms with E-state index in [4.69, 9.17) is 0 Å². The first kappa shape index (κ1) is 11.0. The highest BCUT2D eigenvalue weighted by molar-refractivity contribution is 5.61. The first-order chi connectivity index (χ1) is 8.16. The summed E-state index contributed by atoms with van der Waals surface area (Å²) >= 11 is 0. The van der Waals surface area contributed by atoms with Crippen molar-refractivity contribution in [2.45, 2.75) is 6.54 Å². The largest absolute Gasteiger partial charge is 0.372 e. The summed E-state index contributed by atoms with van der Waals surface area (Å²) in [5, 5.41) is 19.6. The van der Waals surface area contributed by atoms with Gasteiger partial charge in [-0.2, -0.15) is 5.10 Å². The van der Waals surface area contributed by atoms with E-state index in [1.807, 2.05) is 0 Å². The second kappa shape index (κ2) is 4.56. The third kappa shape index (κ3) is 2.54. The highest BCUT2D eigenvalue weighted by Crippen LogP contribution is 2.25. The Morgan fingerprint density at radius 3 is 3.00 bits per heavy atom. The zero-order chi connectivity index (χ0) is 12.3.